The van der Waals surface area contributed by atoms with Crippen molar-refractivity contribution in [1.82, 2.24) is 9.97 Å². The fourth-order valence-corrected chi connectivity index (χ4v) is 0.687. The van der Waals surface area contributed by atoms with E-state index in [2.05, 4.69) is 15.3 Å². The van der Waals surface area contributed by atoms with Crippen molar-refractivity contribution in [3.05, 3.63) is 5.21 Å². The van der Waals surface area contributed by atoms with E-state index in [0.29, 0.717) is 6.54 Å². The summed E-state index contributed by atoms with van der Waals surface area (Å²) in [6.45, 7) is 2.51. The first-order chi connectivity index (χ1) is 5.65. The molecule has 12 heavy (non-hydrogen) atoms. The molecule has 0 aromatic carbocycles. The molecule has 0 radical (unpaired) electrons. The number of anilines is 3. The summed E-state index contributed by atoms with van der Waals surface area (Å²) < 4.78 is 0.265. The number of nitrogens with two attached hydrogens (primary N) is 2. The van der Waals surface area contributed by atoms with Gasteiger partial charge in [-0.05, 0) is 6.92 Å². The van der Waals surface area contributed by atoms with Gasteiger partial charge in [0.25, 0.3) is 0 Å². The molecule has 5 N–H and O–H groups in total. The third kappa shape index (κ3) is 1.44. The molecule has 0 fully saturated rings. The van der Waals surface area contributed by atoms with Gasteiger partial charge in [-0.25, -0.2) is 4.73 Å². The predicted octanol–water partition coefficient (Wildman–Crippen LogP) is -1.29. The van der Waals surface area contributed by atoms with E-state index in [9.17, 15) is 5.21 Å². The number of nitrogen functional groups attached to an aromatic ring is 2. The molecule has 0 bridgehead atoms. The van der Waals surface area contributed by atoms with E-state index in [1.54, 1.807) is 0 Å². The predicted molar refractivity (Wildman–Crippen MR) is 44.0 cm³/mol. The lowest BCUT2D eigenvalue weighted by Crippen LogP contribution is -2.37. The number of hydrogen-bond acceptors (Lipinski definition) is 6. The summed E-state index contributed by atoms with van der Waals surface area (Å²) in [7, 11) is 0. The summed E-state index contributed by atoms with van der Waals surface area (Å²) >= 11 is 0. The summed E-state index contributed by atoms with van der Waals surface area (Å²) in [5.74, 6) is -0.156. The Labute approximate surface area is 69.0 Å². The lowest BCUT2D eigenvalue weighted by molar-refractivity contribution is -0.579. The lowest BCUT2D eigenvalue weighted by Gasteiger charge is -2.08. The van der Waals surface area contributed by atoms with Gasteiger partial charge in [0.05, 0.1) is 0 Å². The van der Waals surface area contributed by atoms with Gasteiger partial charge in [0, 0.05) is 6.54 Å². The second-order valence-electron chi connectivity index (χ2n) is 2.09. The summed E-state index contributed by atoms with van der Waals surface area (Å²) in [6, 6.07) is 0. The van der Waals surface area contributed by atoms with Crippen molar-refractivity contribution < 1.29 is 4.73 Å². The molecule has 0 amide bonds. The molecular formula is C5H10N6O. The Balaban J connectivity index is 3.04. The van der Waals surface area contributed by atoms with Crippen LogP contribution in [0.1, 0.15) is 6.92 Å². The van der Waals surface area contributed by atoms with Gasteiger partial charge in [-0.2, -0.15) is 0 Å². The molecule has 1 heterocycles. The van der Waals surface area contributed by atoms with Gasteiger partial charge in [-0.15, -0.1) is 0 Å². The Bertz CT molecular complexity index is 264. The molecule has 1 aromatic heterocycles. The zero-order valence-electron chi connectivity index (χ0n) is 6.61. The quantitative estimate of drug-likeness (QED) is 0.375. The first kappa shape index (κ1) is 8.31. The molecule has 0 aliphatic heterocycles. The molecule has 0 atom stereocenters. The zero-order valence-corrected chi connectivity index (χ0v) is 6.61. The topological polar surface area (TPSA) is 117 Å². The highest BCUT2D eigenvalue weighted by Gasteiger charge is 2.08. The van der Waals surface area contributed by atoms with E-state index >= 15 is 0 Å². The fourth-order valence-electron chi connectivity index (χ4n) is 0.687. The van der Waals surface area contributed by atoms with E-state index in [4.69, 9.17) is 11.5 Å². The van der Waals surface area contributed by atoms with Crippen molar-refractivity contribution in [3.8, 4) is 0 Å². The highest BCUT2D eigenvalue weighted by Crippen LogP contribution is 1.99. The van der Waals surface area contributed by atoms with Crippen LogP contribution in [0.4, 0.5) is 17.8 Å². The maximum Gasteiger partial charge on any atom is 0.321 e. The molecule has 7 heteroatoms. The monoisotopic (exact) mass is 170 g/mol. The summed E-state index contributed by atoms with van der Waals surface area (Å²) in [5, 5.41) is 13.6. The first-order valence-electron chi connectivity index (χ1n) is 3.41. The molecule has 0 saturated heterocycles. The Morgan fingerprint density at radius 1 is 1.42 bits per heavy atom. The minimum atomic E-state index is -0.210. The normalized spacial score (nSPS) is 9.75. The summed E-state index contributed by atoms with van der Waals surface area (Å²) in [6.07, 6.45) is 0. The van der Waals surface area contributed by atoms with Crippen molar-refractivity contribution in [1.29, 1.82) is 0 Å². The molecule has 7 nitrogen and oxygen atoms in total. The smallest absolute Gasteiger partial charge is 0.321 e. The standard InChI is InChI=1S/C5H10N6O/c1-2-8-5-9-3(6)11(12)4(7)10-5/h2H2,1H3,(H5,6,7,8,9,10). The lowest BCUT2D eigenvalue weighted by atomic mass is 10.7. The van der Waals surface area contributed by atoms with Gasteiger partial charge in [-0.3, -0.25) is 0 Å². The van der Waals surface area contributed by atoms with Crippen LogP contribution in [0.15, 0.2) is 0 Å². The minimum Gasteiger partial charge on any atom is -0.762 e. The van der Waals surface area contributed by atoms with E-state index < -0.39 is 0 Å². The van der Waals surface area contributed by atoms with Gasteiger partial charge in [0.15, 0.2) is 0 Å². The van der Waals surface area contributed by atoms with E-state index in [0.717, 1.165) is 0 Å². The largest absolute Gasteiger partial charge is 0.762 e. The Morgan fingerprint density at radius 3 is 2.33 bits per heavy atom. The van der Waals surface area contributed by atoms with Crippen molar-refractivity contribution in [2.24, 2.45) is 0 Å². The highest BCUT2D eigenvalue weighted by atomic mass is 16.5. The van der Waals surface area contributed by atoms with Gasteiger partial charge in [0.1, 0.15) is 0 Å². The van der Waals surface area contributed by atoms with Crippen LogP contribution in [-0.4, -0.2) is 16.5 Å². The van der Waals surface area contributed by atoms with Gasteiger partial charge in [-0.1, -0.05) is 9.97 Å². The van der Waals surface area contributed by atoms with Crippen LogP contribution >= 0.6 is 0 Å². The van der Waals surface area contributed by atoms with Crippen LogP contribution in [0.3, 0.4) is 0 Å². The van der Waals surface area contributed by atoms with E-state index in [1.807, 2.05) is 6.92 Å². The maximum atomic E-state index is 10.8. The van der Waals surface area contributed by atoms with Gasteiger partial charge in [0.2, 0.25) is 0 Å². The average Bonchev–Trinajstić information content (AvgIpc) is 2.01. The van der Waals surface area contributed by atoms with Crippen molar-refractivity contribution in [2.75, 3.05) is 23.3 Å². The zero-order chi connectivity index (χ0) is 9.14. The van der Waals surface area contributed by atoms with Crippen molar-refractivity contribution >= 4 is 17.8 Å². The van der Waals surface area contributed by atoms with Crippen LogP contribution in [0.25, 0.3) is 0 Å². The Hall–Kier alpha value is -1.79. The molecule has 0 unspecified atom stereocenters. The third-order valence-corrected chi connectivity index (χ3v) is 1.19. The molecule has 66 valence electrons. The summed E-state index contributed by atoms with van der Waals surface area (Å²) in [4.78, 5) is 7.30. The van der Waals surface area contributed by atoms with Crippen LogP contribution in [0.2, 0.25) is 0 Å². The molecule has 1 rings (SSSR count). The summed E-state index contributed by atoms with van der Waals surface area (Å²) in [5.41, 5.74) is 10.5. The van der Waals surface area contributed by atoms with Crippen LogP contribution in [0, 0.1) is 5.21 Å². The highest BCUT2D eigenvalue weighted by molar-refractivity contribution is 5.31. The third-order valence-electron chi connectivity index (χ3n) is 1.19. The minimum absolute atomic E-state index is 0.210. The van der Waals surface area contributed by atoms with E-state index in [-0.39, 0.29) is 22.6 Å². The SMILES string of the molecule is CCNc1nc(N)[n+]([O-])c(N)n1. The Kier molecular flexibility index (Phi) is 2.13. The van der Waals surface area contributed by atoms with E-state index in [1.165, 1.54) is 0 Å². The molecule has 0 spiro atoms. The van der Waals surface area contributed by atoms with Crippen molar-refractivity contribution in [3.63, 3.8) is 0 Å². The van der Waals surface area contributed by atoms with Gasteiger partial charge < -0.3 is 22.0 Å². The molecule has 0 saturated carbocycles. The second-order valence-corrected chi connectivity index (χ2v) is 2.09. The molecule has 0 aliphatic rings. The molecule has 0 aliphatic carbocycles. The average molecular weight is 170 g/mol. The number of nitrogens with zero attached hydrogens (tertiary/aromatic N) is 3. The number of hydrogen-bond donors (Lipinski definition) is 3. The van der Waals surface area contributed by atoms with Crippen LogP contribution in [0.5, 0.6) is 0 Å². The maximum absolute atomic E-state index is 10.8. The number of aromatic nitrogens is 3. The fraction of sp³-hybridized carbons (Fsp3) is 0.400. The molecule has 1 aromatic rings. The van der Waals surface area contributed by atoms with Crippen LogP contribution < -0.4 is 21.5 Å². The molecular weight excluding hydrogens is 160 g/mol. The van der Waals surface area contributed by atoms with Crippen molar-refractivity contribution in [2.45, 2.75) is 6.92 Å². The Morgan fingerprint density at radius 2 is 1.92 bits per heavy atom. The second kappa shape index (κ2) is 3.07. The first-order valence-corrected chi connectivity index (χ1v) is 3.41. The number of nitrogens with one attached hydrogen (secondary N) is 1. The number of rotatable bonds is 2. The van der Waals surface area contributed by atoms with Crippen LogP contribution in [-0.2, 0) is 0 Å². The van der Waals surface area contributed by atoms with Gasteiger partial charge >= 0.3 is 17.8 Å².